The van der Waals surface area contributed by atoms with Crippen molar-refractivity contribution < 1.29 is 14.3 Å². The number of hydrogen-bond donors (Lipinski definition) is 0. The molecule has 0 aromatic heterocycles. The third kappa shape index (κ3) is 6.27. The van der Waals surface area contributed by atoms with Gasteiger partial charge in [0, 0.05) is 30.1 Å². The molecule has 4 rings (SSSR count). The van der Waals surface area contributed by atoms with Gasteiger partial charge in [-0.15, -0.1) is 0 Å². The smallest absolute Gasteiger partial charge is 0.410 e. The van der Waals surface area contributed by atoms with Gasteiger partial charge in [0.1, 0.15) is 5.60 Å². The zero-order valence-corrected chi connectivity index (χ0v) is 23.1. The van der Waals surface area contributed by atoms with Gasteiger partial charge in [-0.05, 0) is 94.2 Å². The second-order valence-corrected chi connectivity index (χ2v) is 12.0. The number of hydrogen-bond acceptors (Lipinski definition) is 3. The monoisotopic (exact) mass is 540 g/mol. The highest BCUT2D eigenvalue weighted by molar-refractivity contribution is 9.10. The Balaban J connectivity index is 1.63. The summed E-state index contributed by atoms with van der Waals surface area (Å²) >= 11 is 3.60. The Bertz CT molecular complexity index is 1090. The van der Waals surface area contributed by atoms with Crippen molar-refractivity contribution in [2.24, 2.45) is 5.92 Å². The summed E-state index contributed by atoms with van der Waals surface area (Å²) < 4.78 is 6.67. The van der Waals surface area contributed by atoms with Gasteiger partial charge in [-0.3, -0.25) is 4.79 Å². The molecule has 2 atom stereocenters. The van der Waals surface area contributed by atoms with Crippen molar-refractivity contribution >= 4 is 27.9 Å². The number of nitrogens with zero attached hydrogens (tertiary/aromatic N) is 2. The number of ether oxygens (including phenoxy) is 1. The van der Waals surface area contributed by atoms with E-state index in [2.05, 4.69) is 65.0 Å². The standard InChI is InChI=1S/C29H37BrN2O3/c1-19-8-6-10-22(20(19)2)17-32(24-12-13-24)27(33)26-18-31(28(34)35-29(3,4)5)15-14-25(26)21-9-7-11-23(30)16-21/h6-11,16,24-26H,12-15,17-18H2,1-5H3/t25-,26+/m1/s1. The lowest BCUT2D eigenvalue weighted by Crippen LogP contribution is -2.51. The van der Waals surface area contributed by atoms with Gasteiger partial charge in [0.25, 0.3) is 0 Å². The highest BCUT2D eigenvalue weighted by Gasteiger charge is 2.43. The lowest BCUT2D eigenvalue weighted by atomic mass is 9.79. The van der Waals surface area contributed by atoms with Crippen molar-refractivity contribution in [3.63, 3.8) is 0 Å². The maximum absolute atomic E-state index is 14.2. The number of carbonyl (C=O) groups is 2. The Kier molecular flexibility index (Phi) is 7.60. The van der Waals surface area contributed by atoms with E-state index < -0.39 is 5.60 Å². The van der Waals surface area contributed by atoms with Gasteiger partial charge >= 0.3 is 6.09 Å². The van der Waals surface area contributed by atoms with Gasteiger partial charge < -0.3 is 14.5 Å². The molecule has 6 heteroatoms. The van der Waals surface area contributed by atoms with Crippen LogP contribution in [-0.2, 0) is 16.1 Å². The van der Waals surface area contributed by atoms with Crippen LogP contribution in [-0.4, -0.2) is 46.5 Å². The number of aryl methyl sites for hydroxylation is 1. The molecule has 1 aliphatic carbocycles. The minimum Gasteiger partial charge on any atom is -0.444 e. The average molecular weight is 542 g/mol. The summed E-state index contributed by atoms with van der Waals surface area (Å²) in [6, 6.07) is 14.8. The van der Waals surface area contributed by atoms with Crippen LogP contribution in [0.15, 0.2) is 46.9 Å². The van der Waals surface area contributed by atoms with E-state index in [9.17, 15) is 9.59 Å². The maximum Gasteiger partial charge on any atom is 0.410 e. The molecule has 2 aliphatic rings. The molecule has 0 bridgehead atoms. The lowest BCUT2D eigenvalue weighted by Gasteiger charge is -2.40. The Morgan fingerprint density at radius 1 is 1.09 bits per heavy atom. The van der Waals surface area contributed by atoms with Crippen molar-refractivity contribution in [1.29, 1.82) is 0 Å². The molecular weight excluding hydrogens is 504 g/mol. The van der Waals surface area contributed by atoms with Crippen molar-refractivity contribution in [3.8, 4) is 0 Å². The fourth-order valence-electron chi connectivity index (χ4n) is 4.98. The first-order chi connectivity index (χ1) is 16.5. The second kappa shape index (κ2) is 10.3. The fraction of sp³-hybridized carbons (Fsp3) is 0.517. The summed E-state index contributed by atoms with van der Waals surface area (Å²) in [4.78, 5) is 31.0. The van der Waals surface area contributed by atoms with Gasteiger partial charge in [-0.2, -0.15) is 0 Å². The molecule has 1 aliphatic heterocycles. The molecule has 0 spiro atoms. The Hall–Kier alpha value is -2.34. The highest BCUT2D eigenvalue weighted by atomic mass is 79.9. The Morgan fingerprint density at radius 3 is 2.46 bits per heavy atom. The predicted molar refractivity (Wildman–Crippen MR) is 142 cm³/mol. The van der Waals surface area contributed by atoms with E-state index in [1.807, 2.05) is 32.9 Å². The first-order valence-electron chi connectivity index (χ1n) is 12.6. The predicted octanol–water partition coefficient (Wildman–Crippen LogP) is 6.60. The minimum atomic E-state index is -0.569. The van der Waals surface area contributed by atoms with Gasteiger partial charge in [0.2, 0.25) is 5.91 Å². The SMILES string of the molecule is Cc1cccc(CN(C(=O)[C@H]2CN(C(=O)OC(C)(C)C)CC[C@@H]2c2cccc(Br)c2)C2CC2)c1C. The molecule has 0 N–H and O–H groups in total. The van der Waals surface area contributed by atoms with E-state index >= 15 is 0 Å². The van der Waals surface area contributed by atoms with Crippen LogP contribution in [0.3, 0.4) is 0 Å². The third-order valence-electron chi connectivity index (χ3n) is 7.19. The van der Waals surface area contributed by atoms with Gasteiger partial charge in [-0.25, -0.2) is 4.79 Å². The normalized spacial score (nSPS) is 20.5. The summed E-state index contributed by atoms with van der Waals surface area (Å²) in [5.41, 5.74) is 4.26. The molecule has 1 heterocycles. The van der Waals surface area contributed by atoms with Crippen molar-refractivity contribution in [2.45, 2.75) is 78.0 Å². The number of amides is 2. The van der Waals surface area contributed by atoms with E-state index in [4.69, 9.17) is 4.74 Å². The molecule has 2 aromatic rings. The molecule has 2 aromatic carbocycles. The molecule has 188 valence electrons. The number of piperidine rings is 1. The number of likely N-dealkylation sites (tertiary alicyclic amines) is 1. The molecule has 0 radical (unpaired) electrons. The summed E-state index contributed by atoms with van der Waals surface area (Å²) in [6.45, 7) is 11.4. The zero-order valence-electron chi connectivity index (χ0n) is 21.5. The summed E-state index contributed by atoms with van der Waals surface area (Å²) in [5.74, 6) is -0.110. The van der Waals surface area contributed by atoms with Crippen LogP contribution >= 0.6 is 15.9 Å². The molecule has 35 heavy (non-hydrogen) atoms. The lowest BCUT2D eigenvalue weighted by molar-refractivity contribution is -0.139. The van der Waals surface area contributed by atoms with Crippen LogP contribution in [0.4, 0.5) is 4.79 Å². The van der Waals surface area contributed by atoms with E-state index in [0.717, 1.165) is 29.3 Å². The summed E-state index contributed by atoms with van der Waals surface area (Å²) in [5, 5.41) is 0. The van der Waals surface area contributed by atoms with Crippen molar-refractivity contribution in [2.75, 3.05) is 13.1 Å². The largest absolute Gasteiger partial charge is 0.444 e. The number of halogens is 1. The van der Waals surface area contributed by atoms with Crippen molar-refractivity contribution in [1.82, 2.24) is 9.80 Å². The van der Waals surface area contributed by atoms with Crippen molar-refractivity contribution in [3.05, 3.63) is 69.2 Å². The molecule has 1 saturated carbocycles. The Labute approximate surface area is 218 Å². The first-order valence-corrected chi connectivity index (χ1v) is 13.4. The van der Waals surface area contributed by atoms with Crippen LogP contribution in [0, 0.1) is 19.8 Å². The molecule has 2 amide bonds. The van der Waals surface area contributed by atoms with Gasteiger partial charge in [-0.1, -0.05) is 46.3 Å². The van der Waals surface area contributed by atoms with Crippen LogP contribution in [0.5, 0.6) is 0 Å². The zero-order chi connectivity index (χ0) is 25.3. The molecule has 5 nitrogen and oxygen atoms in total. The molecule has 2 fully saturated rings. The first kappa shape index (κ1) is 25.7. The number of benzene rings is 2. The minimum absolute atomic E-state index is 0.0542. The van der Waals surface area contributed by atoms with E-state index in [1.54, 1.807) is 4.90 Å². The average Bonchev–Trinajstić information content (AvgIpc) is 3.63. The summed E-state index contributed by atoms with van der Waals surface area (Å²) in [7, 11) is 0. The third-order valence-corrected chi connectivity index (χ3v) is 7.68. The van der Waals surface area contributed by atoms with Crippen LogP contribution in [0.1, 0.15) is 68.2 Å². The number of carbonyl (C=O) groups excluding carboxylic acids is 2. The fourth-order valence-corrected chi connectivity index (χ4v) is 5.40. The molecular formula is C29H37BrN2O3. The quantitative estimate of drug-likeness (QED) is 0.429. The Morgan fingerprint density at radius 2 is 1.80 bits per heavy atom. The molecule has 0 unspecified atom stereocenters. The topological polar surface area (TPSA) is 49.9 Å². The van der Waals surface area contributed by atoms with Gasteiger partial charge in [0.05, 0.1) is 5.92 Å². The number of rotatable bonds is 5. The van der Waals surface area contributed by atoms with E-state index in [-0.39, 0.29) is 29.9 Å². The molecule has 1 saturated heterocycles. The van der Waals surface area contributed by atoms with Gasteiger partial charge in [0.15, 0.2) is 0 Å². The van der Waals surface area contributed by atoms with E-state index in [1.165, 1.54) is 16.7 Å². The van der Waals surface area contributed by atoms with E-state index in [0.29, 0.717) is 19.6 Å². The van der Waals surface area contributed by atoms with Crippen LogP contribution in [0.25, 0.3) is 0 Å². The van der Waals surface area contributed by atoms with Crippen LogP contribution < -0.4 is 0 Å². The van der Waals surface area contributed by atoms with Crippen LogP contribution in [0.2, 0.25) is 0 Å². The highest BCUT2D eigenvalue weighted by Crippen LogP contribution is 2.39. The maximum atomic E-state index is 14.2. The summed E-state index contributed by atoms with van der Waals surface area (Å²) in [6.07, 6.45) is 2.48. The second-order valence-electron chi connectivity index (χ2n) is 11.0.